The molecule has 6 heteroatoms. The highest BCUT2D eigenvalue weighted by Crippen LogP contribution is 2.40. The second-order valence-electron chi connectivity index (χ2n) is 5.21. The summed E-state index contributed by atoms with van der Waals surface area (Å²) in [6.45, 7) is 3.78. The topological polar surface area (TPSA) is 32.3 Å². The Balaban J connectivity index is 2.45. The van der Waals surface area contributed by atoms with Crippen molar-refractivity contribution in [1.29, 1.82) is 0 Å². The number of amides is 1. The van der Waals surface area contributed by atoms with Crippen LogP contribution < -0.4 is 5.43 Å². The lowest BCUT2D eigenvalue weighted by Gasteiger charge is -2.31. The highest BCUT2D eigenvalue weighted by molar-refractivity contribution is 5.77. The normalized spacial score (nSPS) is 18.4. The number of benzene rings is 1. The summed E-state index contributed by atoms with van der Waals surface area (Å²) in [5.74, 6) is -0.393. The monoisotopic (exact) mass is 286 g/mol. The van der Waals surface area contributed by atoms with Crippen LogP contribution in [-0.4, -0.2) is 23.6 Å². The standard InChI is InChI=1S/C14H17F3N2O/c1-9(2)10-5-3-4-6-11(10)13(14(15,16)17)19-8-7-12(20)18-19/h3-6,9,13H,7-8H2,1-2H3,(H,18,20). The number of halogens is 3. The van der Waals surface area contributed by atoms with Crippen LogP contribution in [-0.2, 0) is 4.79 Å². The van der Waals surface area contributed by atoms with Gasteiger partial charge in [-0.2, -0.15) is 13.2 Å². The average Bonchev–Trinajstić information content (AvgIpc) is 2.74. The van der Waals surface area contributed by atoms with Crippen LogP contribution >= 0.6 is 0 Å². The van der Waals surface area contributed by atoms with Crippen molar-refractivity contribution in [2.75, 3.05) is 6.54 Å². The lowest BCUT2D eigenvalue weighted by atomic mass is 9.92. The number of hydrogen-bond donors (Lipinski definition) is 1. The van der Waals surface area contributed by atoms with Gasteiger partial charge in [-0.3, -0.25) is 10.2 Å². The summed E-state index contributed by atoms with van der Waals surface area (Å²) in [6, 6.07) is 4.72. The largest absolute Gasteiger partial charge is 0.409 e. The van der Waals surface area contributed by atoms with Gasteiger partial charge >= 0.3 is 6.18 Å². The third kappa shape index (κ3) is 2.95. The first kappa shape index (κ1) is 14.8. The Morgan fingerprint density at radius 1 is 1.20 bits per heavy atom. The molecule has 0 aromatic heterocycles. The molecule has 1 N–H and O–H groups in total. The lowest BCUT2D eigenvalue weighted by molar-refractivity contribution is -0.191. The minimum absolute atomic E-state index is 0.0191. The molecular weight excluding hydrogens is 269 g/mol. The van der Waals surface area contributed by atoms with E-state index in [1.54, 1.807) is 18.2 Å². The number of carbonyl (C=O) groups excluding carboxylic acids is 1. The third-order valence-corrected chi connectivity index (χ3v) is 3.38. The fourth-order valence-corrected chi connectivity index (χ4v) is 2.49. The highest BCUT2D eigenvalue weighted by Gasteiger charge is 2.47. The van der Waals surface area contributed by atoms with Crippen molar-refractivity contribution in [3.05, 3.63) is 35.4 Å². The Morgan fingerprint density at radius 3 is 2.25 bits per heavy atom. The second kappa shape index (κ2) is 5.44. The number of alkyl halides is 3. The SMILES string of the molecule is CC(C)c1ccccc1C(N1CCC(=O)N1)C(F)(F)F. The molecule has 0 bridgehead atoms. The van der Waals surface area contributed by atoms with Gasteiger partial charge in [-0.1, -0.05) is 38.1 Å². The summed E-state index contributed by atoms with van der Waals surface area (Å²) in [6.07, 6.45) is -4.35. The number of carbonyl (C=O) groups is 1. The van der Waals surface area contributed by atoms with Gasteiger partial charge in [0.05, 0.1) is 0 Å². The van der Waals surface area contributed by atoms with Crippen LogP contribution in [0.4, 0.5) is 13.2 Å². The first-order chi connectivity index (χ1) is 9.30. The smallest absolute Gasteiger partial charge is 0.288 e. The van der Waals surface area contributed by atoms with Gasteiger partial charge in [-0.25, -0.2) is 5.01 Å². The molecule has 1 heterocycles. The van der Waals surface area contributed by atoms with Crippen LogP contribution in [0.1, 0.15) is 43.4 Å². The molecule has 0 aliphatic carbocycles. The van der Waals surface area contributed by atoms with Gasteiger partial charge in [0.1, 0.15) is 6.04 Å². The van der Waals surface area contributed by atoms with Crippen molar-refractivity contribution in [3.8, 4) is 0 Å². The molecule has 110 valence electrons. The Hall–Kier alpha value is -1.56. The summed E-state index contributed by atoms with van der Waals surface area (Å²) in [4.78, 5) is 11.2. The summed E-state index contributed by atoms with van der Waals surface area (Å²) in [5, 5.41) is 0.990. The van der Waals surface area contributed by atoms with Gasteiger partial charge in [-0.15, -0.1) is 0 Å². The van der Waals surface area contributed by atoms with E-state index >= 15 is 0 Å². The summed E-state index contributed by atoms with van der Waals surface area (Å²) in [5.41, 5.74) is 3.15. The predicted molar refractivity (Wildman–Crippen MR) is 68.8 cm³/mol. The van der Waals surface area contributed by atoms with Crippen molar-refractivity contribution in [3.63, 3.8) is 0 Å². The molecule has 0 radical (unpaired) electrons. The maximum atomic E-state index is 13.4. The van der Waals surface area contributed by atoms with Gasteiger partial charge < -0.3 is 0 Å². The first-order valence-electron chi connectivity index (χ1n) is 6.52. The van der Waals surface area contributed by atoms with E-state index in [0.717, 1.165) is 5.01 Å². The number of nitrogens with one attached hydrogen (secondary N) is 1. The van der Waals surface area contributed by atoms with Crippen molar-refractivity contribution in [2.24, 2.45) is 0 Å². The van der Waals surface area contributed by atoms with E-state index in [4.69, 9.17) is 0 Å². The molecule has 0 spiro atoms. The van der Waals surface area contributed by atoms with E-state index in [-0.39, 0.29) is 30.4 Å². The van der Waals surface area contributed by atoms with Crippen LogP contribution in [0.2, 0.25) is 0 Å². The maximum Gasteiger partial charge on any atom is 0.409 e. The second-order valence-corrected chi connectivity index (χ2v) is 5.21. The third-order valence-electron chi connectivity index (χ3n) is 3.38. The highest BCUT2D eigenvalue weighted by atomic mass is 19.4. The van der Waals surface area contributed by atoms with Gasteiger partial charge in [-0.05, 0) is 17.0 Å². The molecule has 0 saturated carbocycles. The summed E-state index contributed by atoms with van der Waals surface area (Å²) in [7, 11) is 0. The fourth-order valence-electron chi connectivity index (χ4n) is 2.49. The van der Waals surface area contributed by atoms with Gasteiger partial charge in [0.2, 0.25) is 5.91 Å². The van der Waals surface area contributed by atoms with Gasteiger partial charge in [0, 0.05) is 13.0 Å². The van der Waals surface area contributed by atoms with Crippen LogP contribution in [0, 0.1) is 0 Å². The van der Waals surface area contributed by atoms with Crippen molar-refractivity contribution >= 4 is 5.91 Å². The average molecular weight is 286 g/mol. The lowest BCUT2D eigenvalue weighted by Crippen LogP contribution is -2.44. The summed E-state index contributed by atoms with van der Waals surface area (Å²) < 4.78 is 40.3. The predicted octanol–water partition coefficient (Wildman–Crippen LogP) is 3.15. The molecule has 3 nitrogen and oxygen atoms in total. The number of rotatable bonds is 3. The molecule has 1 aromatic rings. The number of nitrogens with zero attached hydrogens (tertiary/aromatic N) is 1. The molecule has 1 aliphatic rings. The van der Waals surface area contributed by atoms with E-state index in [1.807, 2.05) is 13.8 Å². The molecule has 2 rings (SSSR count). The molecule has 20 heavy (non-hydrogen) atoms. The minimum atomic E-state index is -4.44. The van der Waals surface area contributed by atoms with E-state index in [2.05, 4.69) is 5.43 Å². The zero-order chi connectivity index (χ0) is 14.9. The quantitative estimate of drug-likeness (QED) is 0.925. The molecule has 1 unspecified atom stereocenters. The Labute approximate surface area is 115 Å². The Morgan fingerprint density at radius 2 is 1.80 bits per heavy atom. The molecule has 1 aromatic carbocycles. The van der Waals surface area contributed by atoms with Crippen molar-refractivity contribution < 1.29 is 18.0 Å². The number of hydrazine groups is 1. The van der Waals surface area contributed by atoms with Crippen molar-refractivity contribution in [1.82, 2.24) is 10.4 Å². The van der Waals surface area contributed by atoms with Gasteiger partial charge in [0.25, 0.3) is 0 Å². The molecular formula is C14H17F3N2O. The molecule has 1 aliphatic heterocycles. The van der Waals surface area contributed by atoms with E-state index < -0.39 is 12.2 Å². The van der Waals surface area contributed by atoms with E-state index in [9.17, 15) is 18.0 Å². The van der Waals surface area contributed by atoms with E-state index in [1.165, 1.54) is 6.07 Å². The van der Waals surface area contributed by atoms with Crippen LogP contribution in [0.15, 0.2) is 24.3 Å². The van der Waals surface area contributed by atoms with Crippen LogP contribution in [0.25, 0.3) is 0 Å². The summed E-state index contributed by atoms with van der Waals surface area (Å²) >= 11 is 0. The Kier molecular flexibility index (Phi) is 4.04. The Bertz CT molecular complexity index is 499. The van der Waals surface area contributed by atoms with E-state index in [0.29, 0.717) is 5.56 Å². The zero-order valence-electron chi connectivity index (χ0n) is 11.4. The first-order valence-corrected chi connectivity index (χ1v) is 6.52. The molecule has 1 fully saturated rings. The molecule has 1 amide bonds. The number of hydrogen-bond acceptors (Lipinski definition) is 2. The van der Waals surface area contributed by atoms with Gasteiger partial charge in [0.15, 0.2) is 0 Å². The van der Waals surface area contributed by atoms with Crippen LogP contribution in [0.3, 0.4) is 0 Å². The molecule has 1 atom stereocenters. The van der Waals surface area contributed by atoms with Crippen LogP contribution in [0.5, 0.6) is 0 Å². The van der Waals surface area contributed by atoms with Crippen molar-refractivity contribution in [2.45, 2.75) is 38.4 Å². The fraction of sp³-hybridized carbons (Fsp3) is 0.500. The maximum absolute atomic E-state index is 13.4. The molecule has 1 saturated heterocycles. The zero-order valence-corrected chi connectivity index (χ0v) is 11.4. The minimum Gasteiger partial charge on any atom is -0.288 e.